The van der Waals surface area contributed by atoms with E-state index in [1.54, 1.807) is 0 Å². The van der Waals surface area contributed by atoms with E-state index in [4.69, 9.17) is 9.47 Å². The van der Waals surface area contributed by atoms with Crippen LogP contribution < -0.4 is 5.32 Å². The lowest BCUT2D eigenvalue weighted by Crippen LogP contribution is -2.60. The molecule has 0 aromatic rings. The first-order chi connectivity index (χ1) is 43.2. The SMILES string of the molecule is CCCCCCCCCCCCCCCCCCCCCC/C=C/CC/C=C/CCCC(O)C(O)C(COC1OC(CO)C(O)C(O)C1O)NC(=O)C(O)CCCCCCCCCCCCCCCCCCCCCCCCCCCCCCCCCC. The lowest BCUT2D eigenvalue weighted by atomic mass is 9.98. The minimum Gasteiger partial charge on any atom is -0.394 e. The zero-order valence-corrected chi connectivity index (χ0v) is 58.0. The predicted molar refractivity (Wildman–Crippen MR) is 372 cm³/mol. The van der Waals surface area contributed by atoms with E-state index in [-0.39, 0.29) is 12.8 Å². The standard InChI is InChI=1S/C77H149NO10/c1-3-5-7-9-11-13-15-17-19-21-23-25-27-29-31-33-34-35-37-39-41-43-45-47-49-51-53-55-57-59-61-63-65-70(81)76(86)78-68(67-87-77-75(85)74(84)73(83)71(66-79)88-77)72(82)69(80)64-62-60-58-56-54-52-50-48-46-44-42-40-38-36-32-30-28-26-24-22-20-18-16-14-12-10-8-6-4-2/h48,50,56,58,68-75,77,79-85H,3-47,49,51-55,57,59-67H2,1-2H3,(H,78,86)/b50-48+,58-56+. The molecule has 1 heterocycles. The molecule has 0 spiro atoms. The number of aliphatic hydroxyl groups excluding tert-OH is 7. The quantitative estimate of drug-likeness (QED) is 0.0215. The zero-order chi connectivity index (χ0) is 63.9. The summed E-state index contributed by atoms with van der Waals surface area (Å²) in [5.41, 5.74) is 0. The second-order valence-corrected chi connectivity index (χ2v) is 27.4. The fourth-order valence-corrected chi connectivity index (χ4v) is 12.8. The van der Waals surface area contributed by atoms with E-state index < -0.39 is 74.2 Å². The maximum absolute atomic E-state index is 13.3. The van der Waals surface area contributed by atoms with E-state index in [0.29, 0.717) is 19.3 Å². The van der Waals surface area contributed by atoms with Gasteiger partial charge in [-0.2, -0.15) is 0 Å². The summed E-state index contributed by atoms with van der Waals surface area (Å²) in [7, 11) is 0. The maximum Gasteiger partial charge on any atom is 0.249 e. The summed E-state index contributed by atoms with van der Waals surface area (Å²) in [6.07, 6.45) is 73.0. The Kier molecular flexibility index (Phi) is 63.1. The van der Waals surface area contributed by atoms with Crippen molar-refractivity contribution >= 4 is 5.91 Å². The van der Waals surface area contributed by atoms with E-state index in [2.05, 4.69) is 43.5 Å². The molecular formula is C77H149NO10. The van der Waals surface area contributed by atoms with Crippen LogP contribution in [0.1, 0.15) is 393 Å². The van der Waals surface area contributed by atoms with Crippen molar-refractivity contribution in [3.8, 4) is 0 Å². The average molecular weight is 1250 g/mol. The molecule has 0 aromatic carbocycles. The molecule has 1 aliphatic heterocycles. The number of unbranched alkanes of at least 4 members (excludes halogenated alkanes) is 53. The zero-order valence-electron chi connectivity index (χ0n) is 58.0. The van der Waals surface area contributed by atoms with Crippen LogP contribution >= 0.6 is 0 Å². The van der Waals surface area contributed by atoms with Crippen molar-refractivity contribution in [3.05, 3.63) is 24.3 Å². The molecule has 0 aromatic heterocycles. The van der Waals surface area contributed by atoms with Gasteiger partial charge < -0.3 is 50.5 Å². The number of aliphatic hydroxyl groups is 7. The molecule has 522 valence electrons. The molecular weight excluding hydrogens is 1100 g/mol. The van der Waals surface area contributed by atoms with Gasteiger partial charge in [0.1, 0.15) is 36.6 Å². The highest BCUT2D eigenvalue weighted by Gasteiger charge is 2.44. The van der Waals surface area contributed by atoms with E-state index in [1.807, 2.05) is 0 Å². The molecule has 0 bridgehead atoms. The Balaban J connectivity index is 2.17. The molecule has 1 aliphatic rings. The van der Waals surface area contributed by atoms with E-state index in [1.165, 1.54) is 308 Å². The molecule has 9 unspecified atom stereocenters. The number of nitrogens with one attached hydrogen (secondary N) is 1. The highest BCUT2D eigenvalue weighted by Crippen LogP contribution is 2.24. The Morgan fingerprint density at radius 3 is 1.01 bits per heavy atom. The topological polar surface area (TPSA) is 189 Å². The average Bonchev–Trinajstić information content (AvgIpc) is 3.62. The Bertz CT molecular complexity index is 1480. The number of amides is 1. The molecule has 11 heteroatoms. The van der Waals surface area contributed by atoms with Gasteiger partial charge >= 0.3 is 0 Å². The van der Waals surface area contributed by atoms with Gasteiger partial charge in [0.05, 0.1) is 25.4 Å². The second kappa shape index (κ2) is 65.6. The molecule has 1 rings (SSSR count). The number of carbonyl (C=O) groups is 1. The summed E-state index contributed by atoms with van der Waals surface area (Å²) in [5.74, 6) is -0.702. The number of ether oxygens (including phenoxy) is 2. The predicted octanol–water partition coefficient (Wildman–Crippen LogP) is 19.5. The molecule has 11 nitrogen and oxygen atoms in total. The van der Waals surface area contributed by atoms with E-state index in [0.717, 1.165) is 38.5 Å². The van der Waals surface area contributed by atoms with Crippen molar-refractivity contribution < 1.29 is 50.0 Å². The highest BCUT2D eigenvalue weighted by atomic mass is 16.7. The van der Waals surface area contributed by atoms with Crippen LogP contribution in [0.15, 0.2) is 24.3 Å². The lowest BCUT2D eigenvalue weighted by Gasteiger charge is -2.40. The first-order valence-electron chi connectivity index (χ1n) is 38.7. The van der Waals surface area contributed by atoms with Crippen molar-refractivity contribution in [1.82, 2.24) is 5.32 Å². The van der Waals surface area contributed by atoms with Gasteiger partial charge in [-0.1, -0.05) is 366 Å². The monoisotopic (exact) mass is 1250 g/mol. The molecule has 0 saturated carbocycles. The molecule has 1 amide bonds. The van der Waals surface area contributed by atoms with Crippen molar-refractivity contribution in [2.45, 2.75) is 448 Å². The summed E-state index contributed by atoms with van der Waals surface area (Å²) in [6.45, 7) is 3.51. The minimum atomic E-state index is -1.67. The normalized spacial score (nSPS) is 18.7. The van der Waals surface area contributed by atoms with Crippen LogP contribution in [-0.2, 0) is 14.3 Å². The molecule has 0 radical (unpaired) electrons. The maximum atomic E-state index is 13.3. The summed E-state index contributed by atoms with van der Waals surface area (Å²) in [4.78, 5) is 13.3. The van der Waals surface area contributed by atoms with Crippen LogP contribution in [-0.4, -0.2) is 110 Å². The van der Waals surface area contributed by atoms with Gasteiger partial charge in [0.15, 0.2) is 6.29 Å². The molecule has 1 saturated heterocycles. The van der Waals surface area contributed by atoms with Crippen molar-refractivity contribution in [2.75, 3.05) is 13.2 Å². The molecule has 9 atom stereocenters. The van der Waals surface area contributed by atoms with Gasteiger partial charge in [0.2, 0.25) is 5.91 Å². The second-order valence-electron chi connectivity index (χ2n) is 27.4. The largest absolute Gasteiger partial charge is 0.394 e. The third kappa shape index (κ3) is 52.0. The van der Waals surface area contributed by atoms with Crippen molar-refractivity contribution in [3.63, 3.8) is 0 Å². The van der Waals surface area contributed by atoms with E-state index >= 15 is 0 Å². The van der Waals surface area contributed by atoms with Gasteiger partial charge in [-0.05, 0) is 51.4 Å². The fourth-order valence-electron chi connectivity index (χ4n) is 12.8. The Morgan fingerprint density at radius 2 is 0.682 bits per heavy atom. The van der Waals surface area contributed by atoms with Crippen LogP contribution in [0.4, 0.5) is 0 Å². The van der Waals surface area contributed by atoms with Gasteiger partial charge in [0.25, 0.3) is 0 Å². The van der Waals surface area contributed by atoms with Crippen LogP contribution in [0.3, 0.4) is 0 Å². The summed E-state index contributed by atoms with van der Waals surface area (Å²) in [6, 6.07) is -1.19. The van der Waals surface area contributed by atoms with Crippen LogP contribution in [0.25, 0.3) is 0 Å². The third-order valence-electron chi connectivity index (χ3n) is 19.0. The molecule has 0 aliphatic carbocycles. The smallest absolute Gasteiger partial charge is 0.249 e. The number of carbonyl (C=O) groups excluding carboxylic acids is 1. The van der Waals surface area contributed by atoms with Gasteiger partial charge in [-0.15, -0.1) is 0 Å². The number of hydrogen-bond acceptors (Lipinski definition) is 10. The van der Waals surface area contributed by atoms with E-state index in [9.17, 15) is 40.5 Å². The summed E-state index contributed by atoms with van der Waals surface area (Å²) in [5, 5.41) is 76.6. The first-order valence-corrected chi connectivity index (χ1v) is 38.7. The molecule has 1 fully saturated rings. The molecule has 88 heavy (non-hydrogen) atoms. The summed E-state index contributed by atoms with van der Waals surface area (Å²) < 4.78 is 11.2. The van der Waals surface area contributed by atoms with Crippen LogP contribution in [0, 0.1) is 0 Å². The fraction of sp³-hybridized carbons (Fsp3) is 0.935. The Morgan fingerprint density at radius 1 is 0.386 bits per heavy atom. The third-order valence-corrected chi connectivity index (χ3v) is 19.0. The number of hydrogen-bond donors (Lipinski definition) is 8. The number of allylic oxidation sites excluding steroid dienone is 4. The number of rotatable bonds is 69. The molecule has 8 N–H and O–H groups in total. The summed E-state index contributed by atoms with van der Waals surface area (Å²) >= 11 is 0. The Hall–Kier alpha value is -1.41. The lowest BCUT2D eigenvalue weighted by molar-refractivity contribution is -0.303. The van der Waals surface area contributed by atoms with Crippen LogP contribution in [0.5, 0.6) is 0 Å². The van der Waals surface area contributed by atoms with Crippen LogP contribution in [0.2, 0.25) is 0 Å². The van der Waals surface area contributed by atoms with Gasteiger partial charge in [0, 0.05) is 0 Å². The Labute approximate surface area is 544 Å². The van der Waals surface area contributed by atoms with Gasteiger partial charge in [-0.25, -0.2) is 0 Å². The first kappa shape index (κ1) is 84.6. The minimum absolute atomic E-state index is 0.250. The van der Waals surface area contributed by atoms with Gasteiger partial charge in [-0.3, -0.25) is 4.79 Å². The highest BCUT2D eigenvalue weighted by molar-refractivity contribution is 5.80. The van der Waals surface area contributed by atoms with Crippen molar-refractivity contribution in [1.29, 1.82) is 0 Å². The van der Waals surface area contributed by atoms with Crippen molar-refractivity contribution in [2.24, 2.45) is 0 Å².